The van der Waals surface area contributed by atoms with Crippen molar-refractivity contribution < 1.29 is 0 Å². The lowest BCUT2D eigenvalue weighted by atomic mass is 9.91. The molecule has 5 nitrogen and oxygen atoms in total. The van der Waals surface area contributed by atoms with Gasteiger partial charge < -0.3 is 10.6 Å². The highest BCUT2D eigenvalue weighted by molar-refractivity contribution is 7.10. The number of aryl methyl sites for hydroxylation is 1. The van der Waals surface area contributed by atoms with E-state index in [4.69, 9.17) is 0 Å². The van der Waals surface area contributed by atoms with E-state index in [1.165, 1.54) is 4.88 Å². The van der Waals surface area contributed by atoms with Gasteiger partial charge in [-0.25, -0.2) is 4.99 Å². The molecule has 0 spiro atoms. The molecule has 120 valence electrons. The molecule has 2 heterocycles. The molecular weight excluding hydrogens is 294 g/mol. The van der Waals surface area contributed by atoms with E-state index in [1.54, 1.807) is 17.5 Å². The van der Waals surface area contributed by atoms with Crippen LogP contribution in [0.4, 0.5) is 0 Å². The van der Waals surface area contributed by atoms with Crippen LogP contribution < -0.4 is 10.6 Å². The molecule has 0 aliphatic carbocycles. The van der Waals surface area contributed by atoms with E-state index in [1.807, 2.05) is 17.8 Å². The van der Waals surface area contributed by atoms with Crippen LogP contribution in [0.1, 0.15) is 31.3 Å². The second-order valence-corrected chi connectivity index (χ2v) is 6.80. The molecule has 0 aliphatic rings. The standard InChI is InChI=1S/C16H25N5S/c1-5-17-15(18-11-13-8-9-20-21(13)4)19-12-16(2,3)14-7-6-10-22-14/h6-10H,5,11-12H2,1-4H3,(H2,17,18,19). The molecule has 0 saturated heterocycles. The maximum atomic E-state index is 4.64. The fourth-order valence-corrected chi connectivity index (χ4v) is 2.97. The van der Waals surface area contributed by atoms with Crippen molar-refractivity contribution in [1.29, 1.82) is 0 Å². The van der Waals surface area contributed by atoms with Gasteiger partial charge in [-0.15, -0.1) is 11.3 Å². The Hall–Kier alpha value is -1.82. The lowest BCUT2D eigenvalue weighted by Gasteiger charge is -2.25. The van der Waals surface area contributed by atoms with Crippen molar-refractivity contribution in [2.75, 3.05) is 13.1 Å². The van der Waals surface area contributed by atoms with Crippen LogP contribution in [0.15, 0.2) is 34.8 Å². The van der Waals surface area contributed by atoms with Gasteiger partial charge in [0.05, 0.1) is 12.2 Å². The maximum Gasteiger partial charge on any atom is 0.191 e. The summed E-state index contributed by atoms with van der Waals surface area (Å²) in [5.41, 5.74) is 1.17. The molecule has 0 radical (unpaired) electrons. The van der Waals surface area contributed by atoms with Gasteiger partial charge in [0.15, 0.2) is 5.96 Å². The highest BCUT2D eigenvalue weighted by Gasteiger charge is 2.21. The van der Waals surface area contributed by atoms with Crippen molar-refractivity contribution in [2.45, 2.75) is 32.7 Å². The number of nitrogens with zero attached hydrogens (tertiary/aromatic N) is 3. The van der Waals surface area contributed by atoms with Crippen LogP contribution in [-0.4, -0.2) is 28.8 Å². The topological polar surface area (TPSA) is 54.2 Å². The molecule has 0 saturated carbocycles. The number of aromatic nitrogens is 2. The van der Waals surface area contributed by atoms with Crippen LogP contribution in [0.5, 0.6) is 0 Å². The number of rotatable bonds is 6. The largest absolute Gasteiger partial charge is 0.357 e. The van der Waals surface area contributed by atoms with Crippen LogP contribution in [0.2, 0.25) is 0 Å². The van der Waals surface area contributed by atoms with Crippen LogP contribution >= 0.6 is 11.3 Å². The Morgan fingerprint density at radius 1 is 1.36 bits per heavy atom. The SMILES string of the molecule is CCNC(=NCc1ccnn1C)NCC(C)(C)c1cccs1. The minimum Gasteiger partial charge on any atom is -0.357 e. The summed E-state index contributed by atoms with van der Waals surface area (Å²) in [5.74, 6) is 0.841. The fourth-order valence-electron chi connectivity index (χ4n) is 2.11. The van der Waals surface area contributed by atoms with Crippen LogP contribution in [0, 0.1) is 0 Å². The van der Waals surface area contributed by atoms with Gasteiger partial charge in [-0.1, -0.05) is 19.9 Å². The Morgan fingerprint density at radius 3 is 2.77 bits per heavy atom. The lowest BCUT2D eigenvalue weighted by molar-refractivity contribution is 0.518. The second kappa shape index (κ2) is 7.45. The molecule has 2 N–H and O–H groups in total. The minimum atomic E-state index is 0.0802. The van der Waals surface area contributed by atoms with E-state index in [0.717, 1.165) is 24.7 Å². The van der Waals surface area contributed by atoms with Crippen molar-refractivity contribution in [3.63, 3.8) is 0 Å². The number of nitrogens with one attached hydrogen (secondary N) is 2. The first-order valence-corrected chi connectivity index (χ1v) is 8.44. The van der Waals surface area contributed by atoms with Gasteiger partial charge >= 0.3 is 0 Å². The van der Waals surface area contributed by atoms with Crippen molar-refractivity contribution in [1.82, 2.24) is 20.4 Å². The minimum absolute atomic E-state index is 0.0802. The monoisotopic (exact) mass is 319 g/mol. The Kier molecular flexibility index (Phi) is 5.60. The summed E-state index contributed by atoms with van der Waals surface area (Å²) < 4.78 is 1.85. The van der Waals surface area contributed by atoms with Crippen molar-refractivity contribution >= 4 is 17.3 Å². The second-order valence-electron chi connectivity index (χ2n) is 5.86. The van der Waals surface area contributed by atoms with Gasteiger partial charge in [-0.3, -0.25) is 4.68 Å². The molecule has 2 aromatic rings. The zero-order valence-corrected chi connectivity index (χ0v) is 14.6. The number of hydrogen-bond donors (Lipinski definition) is 2. The van der Waals surface area contributed by atoms with E-state index in [0.29, 0.717) is 6.54 Å². The molecule has 22 heavy (non-hydrogen) atoms. The van der Waals surface area contributed by atoms with E-state index in [9.17, 15) is 0 Å². The molecule has 0 aromatic carbocycles. The number of hydrogen-bond acceptors (Lipinski definition) is 3. The third kappa shape index (κ3) is 4.34. The van der Waals surface area contributed by atoms with Crippen LogP contribution in [0.3, 0.4) is 0 Å². The van der Waals surface area contributed by atoms with Crippen molar-refractivity contribution in [2.24, 2.45) is 12.0 Å². The average Bonchev–Trinajstić information content (AvgIpc) is 3.14. The summed E-state index contributed by atoms with van der Waals surface area (Å²) in [6, 6.07) is 6.28. The predicted octanol–water partition coefficient (Wildman–Crippen LogP) is 2.51. The molecule has 0 fully saturated rings. The van der Waals surface area contributed by atoms with Crippen LogP contribution in [-0.2, 0) is 19.0 Å². The quantitative estimate of drug-likeness (QED) is 0.635. The number of guanidine groups is 1. The van der Waals surface area contributed by atoms with Gasteiger partial charge in [0.1, 0.15) is 0 Å². The van der Waals surface area contributed by atoms with Crippen molar-refractivity contribution in [3.8, 4) is 0 Å². The first-order chi connectivity index (χ1) is 10.5. The summed E-state index contributed by atoms with van der Waals surface area (Å²) in [6.07, 6.45) is 1.80. The zero-order chi connectivity index (χ0) is 16.0. The predicted molar refractivity (Wildman–Crippen MR) is 93.4 cm³/mol. The maximum absolute atomic E-state index is 4.64. The summed E-state index contributed by atoms with van der Waals surface area (Å²) in [7, 11) is 1.94. The van der Waals surface area contributed by atoms with E-state index in [2.05, 4.69) is 59.0 Å². The molecule has 2 aromatic heterocycles. The van der Waals surface area contributed by atoms with Crippen molar-refractivity contribution in [3.05, 3.63) is 40.3 Å². The normalized spacial score (nSPS) is 12.5. The number of thiophene rings is 1. The molecule has 6 heteroatoms. The summed E-state index contributed by atoms with van der Waals surface area (Å²) >= 11 is 1.80. The first kappa shape index (κ1) is 16.5. The Labute approximate surface area is 136 Å². The number of aliphatic imine (C=N–C) groups is 1. The Balaban J connectivity index is 1.98. The van der Waals surface area contributed by atoms with Gasteiger partial charge in [0.25, 0.3) is 0 Å². The van der Waals surface area contributed by atoms with Gasteiger partial charge in [0.2, 0.25) is 0 Å². The fraction of sp³-hybridized carbons (Fsp3) is 0.500. The Bertz CT molecular complexity index is 598. The zero-order valence-electron chi connectivity index (χ0n) is 13.8. The molecule has 2 rings (SSSR count). The average molecular weight is 319 g/mol. The van der Waals surface area contributed by atoms with Gasteiger partial charge in [-0.2, -0.15) is 5.10 Å². The molecule has 0 atom stereocenters. The van der Waals surface area contributed by atoms with E-state index >= 15 is 0 Å². The van der Waals surface area contributed by atoms with Gasteiger partial charge in [-0.05, 0) is 24.4 Å². The molecule has 0 unspecified atom stereocenters. The summed E-state index contributed by atoms with van der Waals surface area (Å²) in [4.78, 5) is 6.02. The highest BCUT2D eigenvalue weighted by atomic mass is 32.1. The highest BCUT2D eigenvalue weighted by Crippen LogP contribution is 2.26. The third-order valence-corrected chi connectivity index (χ3v) is 4.79. The third-order valence-electron chi connectivity index (χ3n) is 3.55. The smallest absolute Gasteiger partial charge is 0.191 e. The molecule has 0 bridgehead atoms. The Morgan fingerprint density at radius 2 is 2.18 bits per heavy atom. The summed E-state index contributed by atoms with van der Waals surface area (Å²) in [5, 5.41) is 13.0. The van der Waals surface area contributed by atoms with E-state index < -0.39 is 0 Å². The molecular formula is C16H25N5S. The van der Waals surface area contributed by atoms with E-state index in [-0.39, 0.29) is 5.41 Å². The van der Waals surface area contributed by atoms with Crippen LogP contribution in [0.25, 0.3) is 0 Å². The van der Waals surface area contributed by atoms with Gasteiger partial charge in [0, 0.05) is 36.6 Å². The lowest BCUT2D eigenvalue weighted by Crippen LogP contribution is -2.43. The summed E-state index contributed by atoms with van der Waals surface area (Å²) in [6.45, 7) is 8.87. The first-order valence-electron chi connectivity index (χ1n) is 7.56. The molecule has 0 amide bonds. The molecule has 0 aliphatic heterocycles.